The Morgan fingerprint density at radius 2 is 2.17 bits per heavy atom. The summed E-state index contributed by atoms with van der Waals surface area (Å²) in [7, 11) is 0. The maximum Gasteiger partial charge on any atom is 0.303 e. The van der Waals surface area contributed by atoms with Gasteiger partial charge in [0.2, 0.25) is 0 Å². The molecule has 1 aliphatic heterocycles. The summed E-state index contributed by atoms with van der Waals surface area (Å²) < 4.78 is 2.85. The van der Waals surface area contributed by atoms with Crippen LogP contribution in [0.15, 0.2) is 11.0 Å². The number of nitrogens with zero attached hydrogens (tertiary/aromatic N) is 2. The number of carbonyl (C=O) groups is 2. The van der Waals surface area contributed by atoms with E-state index in [2.05, 4.69) is 24.5 Å². The first-order valence-electron chi connectivity index (χ1n) is 8.04. The van der Waals surface area contributed by atoms with Crippen LogP contribution < -0.4 is 0 Å². The summed E-state index contributed by atoms with van der Waals surface area (Å²) in [4.78, 5) is 25.3. The van der Waals surface area contributed by atoms with Gasteiger partial charge in [-0.25, -0.2) is 0 Å². The monoisotopic (exact) mass is 364 g/mol. The number of carbonyl (C=O) groups excluding carboxylic acids is 1. The van der Waals surface area contributed by atoms with Crippen LogP contribution in [0, 0.1) is 13.8 Å². The lowest BCUT2D eigenvalue weighted by Crippen LogP contribution is -2.29. The molecule has 1 N–H and O–H groups in total. The number of carboxylic acids is 1. The zero-order valence-electron chi connectivity index (χ0n) is 13.7. The highest BCUT2D eigenvalue weighted by atomic mass is 32.2. The molecule has 0 unspecified atom stereocenters. The summed E-state index contributed by atoms with van der Waals surface area (Å²) >= 11 is 6.58. The third-order valence-electron chi connectivity index (χ3n) is 4.37. The van der Waals surface area contributed by atoms with Gasteiger partial charge in [0, 0.05) is 30.4 Å². The Kier molecular flexibility index (Phi) is 4.83. The average Bonchev–Trinajstić information content (AvgIpc) is 3.24. The van der Waals surface area contributed by atoms with E-state index < -0.39 is 5.97 Å². The standard InChI is InChI=1S/C17H20N2O3S2/c1-10-8-12(11(2)19(10)13-5-6-13)9-14-16(22)18(17(23)24-14)7-3-4-15(20)21/h8-9,13H,3-7H2,1-2H3,(H,20,21)/b14-9+. The first kappa shape index (κ1) is 17.2. The summed E-state index contributed by atoms with van der Waals surface area (Å²) in [6.45, 7) is 4.54. The van der Waals surface area contributed by atoms with Crippen LogP contribution in [-0.2, 0) is 9.59 Å². The van der Waals surface area contributed by atoms with E-state index in [4.69, 9.17) is 17.3 Å². The molecule has 5 nitrogen and oxygen atoms in total. The number of thiocarbonyl (C=S) groups is 1. The number of aliphatic carboxylic acids is 1. The maximum atomic E-state index is 12.5. The van der Waals surface area contributed by atoms with Crippen LogP contribution in [0.5, 0.6) is 0 Å². The minimum atomic E-state index is -0.858. The Labute approximate surface area is 150 Å². The summed E-state index contributed by atoms with van der Waals surface area (Å²) in [5, 5.41) is 8.72. The van der Waals surface area contributed by atoms with E-state index in [1.54, 1.807) is 0 Å². The number of hydrogen-bond donors (Lipinski definition) is 1. The predicted octanol–water partition coefficient (Wildman–Crippen LogP) is 3.51. The number of amides is 1. The van der Waals surface area contributed by atoms with Gasteiger partial charge in [0.15, 0.2) is 0 Å². The van der Waals surface area contributed by atoms with Crippen LogP contribution >= 0.6 is 24.0 Å². The van der Waals surface area contributed by atoms with Gasteiger partial charge in [0.05, 0.1) is 4.91 Å². The molecule has 1 amide bonds. The highest BCUT2D eigenvalue weighted by molar-refractivity contribution is 8.26. The SMILES string of the molecule is Cc1cc(/C=C2/SC(=S)N(CCCC(=O)O)C2=O)c(C)n1C1CC1. The third-order valence-corrected chi connectivity index (χ3v) is 5.75. The fourth-order valence-corrected chi connectivity index (χ4v) is 4.37. The van der Waals surface area contributed by atoms with Crippen LogP contribution in [-0.4, -0.2) is 37.3 Å². The van der Waals surface area contributed by atoms with Crippen molar-refractivity contribution in [2.24, 2.45) is 0 Å². The van der Waals surface area contributed by atoms with E-state index in [1.807, 2.05) is 6.08 Å². The molecule has 1 aromatic rings. The smallest absolute Gasteiger partial charge is 0.303 e. The number of aromatic nitrogens is 1. The highest BCUT2D eigenvalue weighted by Crippen LogP contribution is 2.39. The normalized spacial score (nSPS) is 19.6. The molecule has 24 heavy (non-hydrogen) atoms. The average molecular weight is 364 g/mol. The van der Waals surface area contributed by atoms with E-state index >= 15 is 0 Å². The molecule has 7 heteroatoms. The second-order valence-electron chi connectivity index (χ2n) is 6.26. The molecule has 3 rings (SSSR count). The Bertz CT molecular complexity index is 747. The molecule has 0 aromatic carbocycles. The minimum Gasteiger partial charge on any atom is -0.481 e. The highest BCUT2D eigenvalue weighted by Gasteiger charge is 2.32. The van der Waals surface area contributed by atoms with Gasteiger partial charge < -0.3 is 9.67 Å². The Balaban J connectivity index is 1.76. The van der Waals surface area contributed by atoms with E-state index in [0.29, 0.717) is 28.2 Å². The predicted molar refractivity (Wildman–Crippen MR) is 98.9 cm³/mol. The van der Waals surface area contributed by atoms with Crippen LogP contribution in [0.4, 0.5) is 0 Å². The van der Waals surface area contributed by atoms with E-state index in [-0.39, 0.29) is 12.3 Å². The lowest BCUT2D eigenvalue weighted by atomic mass is 10.2. The molecule has 0 spiro atoms. The van der Waals surface area contributed by atoms with Crippen molar-refractivity contribution in [3.05, 3.63) is 27.9 Å². The fourth-order valence-electron chi connectivity index (χ4n) is 3.07. The Hall–Kier alpha value is -1.60. The van der Waals surface area contributed by atoms with Gasteiger partial charge >= 0.3 is 5.97 Å². The third kappa shape index (κ3) is 3.42. The van der Waals surface area contributed by atoms with Gasteiger partial charge in [-0.3, -0.25) is 14.5 Å². The molecule has 1 saturated heterocycles. The van der Waals surface area contributed by atoms with Crippen LogP contribution in [0.25, 0.3) is 6.08 Å². The quantitative estimate of drug-likeness (QED) is 0.618. The number of rotatable bonds is 6. The van der Waals surface area contributed by atoms with Gasteiger partial charge in [-0.05, 0) is 50.8 Å². The molecule has 1 aliphatic carbocycles. The van der Waals surface area contributed by atoms with Gasteiger partial charge in [0.1, 0.15) is 4.32 Å². The second-order valence-corrected chi connectivity index (χ2v) is 7.93. The van der Waals surface area contributed by atoms with Gasteiger partial charge in [-0.1, -0.05) is 24.0 Å². The van der Waals surface area contributed by atoms with Gasteiger partial charge in [-0.15, -0.1) is 0 Å². The van der Waals surface area contributed by atoms with Crippen molar-refractivity contribution in [1.82, 2.24) is 9.47 Å². The van der Waals surface area contributed by atoms with Crippen molar-refractivity contribution < 1.29 is 14.7 Å². The molecule has 0 atom stereocenters. The van der Waals surface area contributed by atoms with Crippen LogP contribution in [0.2, 0.25) is 0 Å². The van der Waals surface area contributed by atoms with Crippen molar-refractivity contribution in [3.63, 3.8) is 0 Å². The number of hydrogen-bond acceptors (Lipinski definition) is 4. The lowest BCUT2D eigenvalue weighted by molar-refractivity contribution is -0.137. The van der Waals surface area contributed by atoms with Crippen molar-refractivity contribution in [3.8, 4) is 0 Å². The van der Waals surface area contributed by atoms with Gasteiger partial charge in [-0.2, -0.15) is 0 Å². The lowest BCUT2D eigenvalue weighted by Gasteiger charge is -2.13. The molecule has 128 valence electrons. The summed E-state index contributed by atoms with van der Waals surface area (Å²) in [5.41, 5.74) is 3.47. The molecule has 1 aromatic heterocycles. The number of carboxylic acid groups (broad SMARTS) is 1. The molecule has 2 fully saturated rings. The van der Waals surface area contributed by atoms with Crippen LogP contribution in [0.3, 0.4) is 0 Å². The topological polar surface area (TPSA) is 62.5 Å². The van der Waals surface area contributed by atoms with E-state index in [1.165, 1.54) is 40.9 Å². The molecule has 2 aliphatic rings. The fraction of sp³-hybridized carbons (Fsp3) is 0.471. The molecule has 2 heterocycles. The number of thioether (sulfide) groups is 1. The van der Waals surface area contributed by atoms with E-state index in [9.17, 15) is 9.59 Å². The molecular weight excluding hydrogens is 344 g/mol. The minimum absolute atomic E-state index is 0.0403. The largest absolute Gasteiger partial charge is 0.481 e. The molecule has 0 bridgehead atoms. The molecule has 0 radical (unpaired) electrons. The maximum absolute atomic E-state index is 12.5. The summed E-state index contributed by atoms with van der Waals surface area (Å²) in [6.07, 6.45) is 4.81. The Morgan fingerprint density at radius 3 is 2.79 bits per heavy atom. The first-order chi connectivity index (χ1) is 11.4. The summed E-state index contributed by atoms with van der Waals surface area (Å²) in [6, 6.07) is 2.72. The number of aryl methyl sites for hydroxylation is 1. The molecular formula is C17H20N2O3S2. The van der Waals surface area contributed by atoms with Crippen molar-refractivity contribution in [1.29, 1.82) is 0 Å². The van der Waals surface area contributed by atoms with E-state index in [0.717, 1.165) is 5.56 Å². The van der Waals surface area contributed by atoms with Crippen LogP contribution in [0.1, 0.15) is 48.7 Å². The second kappa shape index (κ2) is 6.72. The van der Waals surface area contributed by atoms with Crippen molar-refractivity contribution in [2.75, 3.05) is 6.54 Å². The first-order valence-corrected chi connectivity index (χ1v) is 9.26. The Morgan fingerprint density at radius 1 is 1.46 bits per heavy atom. The summed E-state index contributed by atoms with van der Waals surface area (Å²) in [5.74, 6) is -0.977. The zero-order chi connectivity index (χ0) is 17.4. The van der Waals surface area contributed by atoms with Gasteiger partial charge in [0.25, 0.3) is 5.91 Å². The zero-order valence-corrected chi connectivity index (χ0v) is 15.4. The molecule has 1 saturated carbocycles. The van der Waals surface area contributed by atoms with Crippen molar-refractivity contribution >= 4 is 46.3 Å². The van der Waals surface area contributed by atoms with Crippen molar-refractivity contribution in [2.45, 2.75) is 45.6 Å².